The summed E-state index contributed by atoms with van der Waals surface area (Å²) in [7, 11) is 0. The first-order chi connectivity index (χ1) is 17.3. The van der Waals surface area contributed by atoms with Crippen LogP contribution in [0.2, 0.25) is 0 Å². The van der Waals surface area contributed by atoms with Crippen LogP contribution in [0.15, 0.2) is 42.6 Å². The molecule has 4 N–H and O–H groups in total. The molecule has 36 heavy (non-hydrogen) atoms. The summed E-state index contributed by atoms with van der Waals surface area (Å²) < 4.78 is 11.1. The van der Waals surface area contributed by atoms with E-state index in [2.05, 4.69) is 25.8 Å². The first-order valence-corrected chi connectivity index (χ1v) is 11.6. The molecule has 1 aliphatic carbocycles. The minimum atomic E-state index is -0.426. The Morgan fingerprint density at radius 2 is 2.06 bits per heavy atom. The van der Waals surface area contributed by atoms with Crippen LogP contribution >= 0.6 is 0 Å². The van der Waals surface area contributed by atoms with E-state index < -0.39 is 12.0 Å². The third-order valence-corrected chi connectivity index (χ3v) is 5.72. The lowest BCUT2D eigenvalue weighted by molar-refractivity contribution is 0.0979. The SMILES string of the molecule is CC(C)NC(=O)O[C@@H]1CC[C@H](c2cc(NC(=O)c3ccnc(Oc4cccc(O)c4C=O)c3)n[nH]2)C1. The zero-order chi connectivity index (χ0) is 25.7. The molecule has 0 bridgehead atoms. The molecule has 4 rings (SSSR count). The molecule has 1 aromatic carbocycles. The maximum Gasteiger partial charge on any atom is 0.407 e. The number of ether oxygens (including phenoxy) is 2. The van der Waals surface area contributed by atoms with Crippen LogP contribution in [0.4, 0.5) is 10.6 Å². The number of nitrogens with one attached hydrogen (secondary N) is 3. The summed E-state index contributed by atoms with van der Waals surface area (Å²) in [6.07, 6.45) is 3.55. The predicted octanol–water partition coefficient (Wildman–Crippen LogP) is 4.14. The standard InChI is InChI=1S/C25H27N5O6/c1-14(2)27-25(34)35-17-7-6-15(10-17)19-12-22(30-29-19)28-24(33)16-8-9-26-23(11-16)36-21-5-3-4-20(32)18(21)13-31/h3-5,8-9,11-15,17,32H,6-7,10H2,1-2H3,(H,27,34)(H2,28,29,30,33)/t15-,17+/m0/s1. The van der Waals surface area contributed by atoms with Crippen LogP contribution in [-0.2, 0) is 4.74 Å². The molecule has 0 radical (unpaired) electrons. The number of benzene rings is 1. The van der Waals surface area contributed by atoms with Gasteiger partial charge in [-0.3, -0.25) is 14.7 Å². The number of alkyl carbamates (subject to hydrolysis) is 1. The van der Waals surface area contributed by atoms with Crippen molar-refractivity contribution < 1.29 is 29.0 Å². The molecule has 0 unspecified atom stereocenters. The molecule has 0 spiro atoms. The smallest absolute Gasteiger partial charge is 0.407 e. The summed E-state index contributed by atoms with van der Waals surface area (Å²) in [6.45, 7) is 3.74. The van der Waals surface area contributed by atoms with Gasteiger partial charge in [-0.1, -0.05) is 6.07 Å². The van der Waals surface area contributed by atoms with Crippen molar-refractivity contribution in [3.8, 4) is 17.4 Å². The van der Waals surface area contributed by atoms with Gasteiger partial charge in [0.1, 0.15) is 17.6 Å². The van der Waals surface area contributed by atoms with Gasteiger partial charge in [0.05, 0.1) is 5.56 Å². The number of H-pyrrole nitrogens is 1. The third kappa shape index (κ3) is 5.98. The lowest BCUT2D eigenvalue weighted by Gasteiger charge is -2.14. The highest BCUT2D eigenvalue weighted by Gasteiger charge is 2.30. The number of hydrogen-bond donors (Lipinski definition) is 4. The monoisotopic (exact) mass is 493 g/mol. The number of rotatable bonds is 8. The normalized spacial score (nSPS) is 17.0. The molecule has 2 atom stereocenters. The predicted molar refractivity (Wildman–Crippen MR) is 129 cm³/mol. The van der Waals surface area contributed by atoms with Crippen LogP contribution in [0.3, 0.4) is 0 Å². The molecule has 2 heterocycles. The van der Waals surface area contributed by atoms with Crippen LogP contribution in [0.25, 0.3) is 0 Å². The summed E-state index contributed by atoms with van der Waals surface area (Å²) in [5.41, 5.74) is 1.10. The van der Waals surface area contributed by atoms with Crippen molar-refractivity contribution in [3.63, 3.8) is 0 Å². The Balaban J connectivity index is 1.36. The van der Waals surface area contributed by atoms with E-state index in [1.807, 2.05) is 13.8 Å². The number of carbonyl (C=O) groups is 3. The zero-order valence-corrected chi connectivity index (χ0v) is 19.9. The summed E-state index contributed by atoms with van der Waals surface area (Å²) in [4.78, 5) is 39.9. The van der Waals surface area contributed by atoms with Crippen molar-refractivity contribution in [2.75, 3.05) is 5.32 Å². The first-order valence-electron chi connectivity index (χ1n) is 11.6. The van der Waals surface area contributed by atoms with Crippen molar-refractivity contribution in [1.82, 2.24) is 20.5 Å². The van der Waals surface area contributed by atoms with Gasteiger partial charge in [0.25, 0.3) is 5.91 Å². The maximum atomic E-state index is 12.8. The summed E-state index contributed by atoms with van der Waals surface area (Å²) in [5.74, 6) is 0.0438. The van der Waals surface area contributed by atoms with Crippen molar-refractivity contribution >= 4 is 24.1 Å². The Bertz CT molecular complexity index is 1260. The molecule has 11 nitrogen and oxygen atoms in total. The van der Waals surface area contributed by atoms with E-state index in [1.54, 1.807) is 6.07 Å². The fourth-order valence-corrected chi connectivity index (χ4v) is 4.01. The number of hydrogen-bond acceptors (Lipinski definition) is 8. The second kappa shape index (κ2) is 10.9. The summed E-state index contributed by atoms with van der Waals surface area (Å²) >= 11 is 0. The summed E-state index contributed by atoms with van der Waals surface area (Å²) in [5, 5.41) is 22.4. The number of carbonyl (C=O) groups excluding carboxylic acids is 3. The Morgan fingerprint density at radius 1 is 1.22 bits per heavy atom. The molecule has 0 saturated heterocycles. The number of aldehydes is 1. The van der Waals surface area contributed by atoms with Gasteiger partial charge in [0.15, 0.2) is 12.1 Å². The topological polar surface area (TPSA) is 156 Å². The Hall–Kier alpha value is -4.41. The lowest BCUT2D eigenvalue weighted by Crippen LogP contribution is -2.33. The highest BCUT2D eigenvalue weighted by Crippen LogP contribution is 2.36. The second-order valence-electron chi connectivity index (χ2n) is 8.79. The Kier molecular flexibility index (Phi) is 7.47. The molecule has 3 aromatic rings. The maximum absolute atomic E-state index is 12.8. The van der Waals surface area contributed by atoms with Crippen molar-refractivity contribution in [3.05, 3.63) is 59.4 Å². The van der Waals surface area contributed by atoms with Crippen molar-refractivity contribution in [1.29, 1.82) is 0 Å². The number of aromatic nitrogens is 3. The Morgan fingerprint density at radius 3 is 2.83 bits per heavy atom. The van der Waals surface area contributed by atoms with Gasteiger partial charge in [-0.2, -0.15) is 5.10 Å². The molecule has 1 saturated carbocycles. The molecule has 188 valence electrons. The third-order valence-electron chi connectivity index (χ3n) is 5.72. The van der Waals surface area contributed by atoms with E-state index in [1.165, 1.54) is 36.5 Å². The van der Waals surface area contributed by atoms with Gasteiger partial charge in [0.2, 0.25) is 5.88 Å². The van der Waals surface area contributed by atoms with Gasteiger partial charge < -0.3 is 25.2 Å². The number of phenols is 1. The van der Waals surface area contributed by atoms with Gasteiger partial charge >= 0.3 is 6.09 Å². The minimum absolute atomic E-state index is 0.0112. The molecule has 2 aromatic heterocycles. The highest BCUT2D eigenvalue weighted by molar-refractivity contribution is 6.03. The largest absolute Gasteiger partial charge is 0.507 e. The molecule has 0 aliphatic heterocycles. The zero-order valence-electron chi connectivity index (χ0n) is 19.9. The van der Waals surface area contributed by atoms with E-state index in [-0.39, 0.29) is 46.6 Å². The van der Waals surface area contributed by atoms with Crippen molar-refractivity contribution in [2.24, 2.45) is 0 Å². The second-order valence-corrected chi connectivity index (χ2v) is 8.79. The van der Waals surface area contributed by atoms with Gasteiger partial charge in [-0.05, 0) is 51.3 Å². The molecule has 2 amide bonds. The fourth-order valence-electron chi connectivity index (χ4n) is 4.01. The van der Waals surface area contributed by atoms with Crippen LogP contribution in [-0.4, -0.2) is 50.7 Å². The molecule has 11 heteroatoms. The average molecular weight is 494 g/mol. The Labute approximate surface area is 207 Å². The first kappa shape index (κ1) is 24.7. The molecular weight excluding hydrogens is 466 g/mol. The van der Waals surface area contributed by atoms with Gasteiger partial charge in [0, 0.05) is 41.5 Å². The molecular formula is C25H27N5O6. The lowest BCUT2D eigenvalue weighted by atomic mass is 10.0. The number of pyridine rings is 1. The summed E-state index contributed by atoms with van der Waals surface area (Å²) in [6, 6.07) is 9.12. The number of aromatic amines is 1. The van der Waals surface area contributed by atoms with Crippen molar-refractivity contribution in [2.45, 2.75) is 51.2 Å². The van der Waals surface area contributed by atoms with Crippen LogP contribution in [0.1, 0.15) is 65.4 Å². The van der Waals surface area contributed by atoms with E-state index in [0.29, 0.717) is 18.5 Å². The quantitative estimate of drug-likeness (QED) is 0.341. The van der Waals surface area contributed by atoms with Crippen LogP contribution < -0.4 is 15.4 Å². The minimum Gasteiger partial charge on any atom is -0.507 e. The van der Waals surface area contributed by atoms with E-state index in [4.69, 9.17) is 9.47 Å². The fraction of sp³-hybridized carbons (Fsp3) is 0.320. The van der Waals surface area contributed by atoms with Gasteiger partial charge in [-0.15, -0.1) is 0 Å². The number of nitrogens with zero attached hydrogens (tertiary/aromatic N) is 2. The van der Waals surface area contributed by atoms with E-state index in [9.17, 15) is 19.5 Å². The number of amides is 2. The van der Waals surface area contributed by atoms with Crippen LogP contribution in [0.5, 0.6) is 17.4 Å². The van der Waals surface area contributed by atoms with E-state index >= 15 is 0 Å². The van der Waals surface area contributed by atoms with Crippen LogP contribution in [0, 0.1) is 0 Å². The van der Waals surface area contributed by atoms with Gasteiger partial charge in [-0.25, -0.2) is 9.78 Å². The number of phenolic OH excluding ortho intramolecular Hbond substituents is 1. The molecule has 1 aliphatic rings. The average Bonchev–Trinajstić information content (AvgIpc) is 3.48. The number of anilines is 1. The number of aromatic hydroxyl groups is 1. The van der Waals surface area contributed by atoms with E-state index in [0.717, 1.165) is 18.5 Å². The molecule has 1 fully saturated rings. The highest BCUT2D eigenvalue weighted by atomic mass is 16.6.